The van der Waals surface area contributed by atoms with Gasteiger partial charge >= 0.3 is 35.5 Å². The number of carboxylic acids is 1. The average Bonchev–Trinajstić information content (AvgIpc) is 2.36. The van der Waals surface area contributed by atoms with Gasteiger partial charge in [0.1, 0.15) is 0 Å². The Labute approximate surface area is 146 Å². The van der Waals surface area contributed by atoms with Gasteiger partial charge in [0.15, 0.2) is 11.3 Å². The second-order valence-corrected chi connectivity index (χ2v) is 5.51. The quantitative estimate of drug-likeness (QED) is 0.310. The number of hydrogen-bond acceptors (Lipinski definition) is 3. The van der Waals surface area contributed by atoms with Crippen molar-refractivity contribution in [2.45, 2.75) is 83.6 Å². The molecule has 0 aliphatic heterocycles. The minimum atomic E-state index is -1.72. The summed E-state index contributed by atoms with van der Waals surface area (Å²) in [5.74, 6) is -1.61. The summed E-state index contributed by atoms with van der Waals surface area (Å²) in [5.41, 5.74) is 3.74. The molecule has 0 aromatic heterocycles. The van der Waals surface area contributed by atoms with Gasteiger partial charge in [-0.25, -0.2) is 4.79 Å². The van der Waals surface area contributed by atoms with Crippen LogP contribution in [0.4, 0.5) is 0 Å². The smallest absolute Gasteiger partial charge is 1.00 e. The maximum absolute atomic E-state index is 11.6. The van der Waals surface area contributed by atoms with Gasteiger partial charge in [0.2, 0.25) is 0 Å². The summed E-state index contributed by atoms with van der Waals surface area (Å²) in [4.78, 5) is 22.4. The fraction of sp³-hybridized carbons (Fsp3) is 0.867. The van der Waals surface area contributed by atoms with Gasteiger partial charge in [0.05, 0.1) is 0 Å². The van der Waals surface area contributed by atoms with Crippen LogP contribution in [-0.2, 0) is 9.59 Å². The summed E-state index contributed by atoms with van der Waals surface area (Å²) in [6, 6.07) is 0. The van der Waals surface area contributed by atoms with Gasteiger partial charge < -0.3 is 12.3 Å². The molecule has 0 rings (SSSR count). The van der Waals surface area contributed by atoms with Gasteiger partial charge in [-0.15, -0.1) is 0 Å². The number of carboxylic acid groups (broad SMARTS) is 1. The molecule has 0 aromatic rings. The number of ketones is 1. The molecule has 0 saturated heterocycles. The number of rotatable bonds is 12. The minimum Gasteiger partial charge on any atom is -1.00 e. The van der Waals surface area contributed by atoms with Crippen molar-refractivity contribution in [3.05, 3.63) is 0 Å². The topological polar surface area (TPSA) is 80.4 Å². The third-order valence-corrected chi connectivity index (χ3v) is 3.53. The van der Waals surface area contributed by atoms with Gasteiger partial charge in [0.25, 0.3) is 0 Å². The minimum absolute atomic E-state index is 0. The molecule has 5 heteroatoms. The van der Waals surface area contributed by atoms with Gasteiger partial charge in [-0.05, 0) is 13.3 Å². The molecule has 0 heterocycles. The molecule has 20 heavy (non-hydrogen) atoms. The zero-order chi connectivity index (χ0) is 14.7. The standard InChI is InChI=1S/C15H29NO3.Na.H/c1-3-4-5-6-7-8-9-10-11-12-13(17)15(2,16)14(18)19;;/h3-12,16H2,1-2H3,(H,18,19);;/q;+1;-1. The largest absolute Gasteiger partial charge is 1.00 e. The van der Waals surface area contributed by atoms with E-state index < -0.39 is 11.5 Å². The summed E-state index contributed by atoms with van der Waals surface area (Å²) >= 11 is 0. The van der Waals surface area contributed by atoms with E-state index in [2.05, 4.69) is 6.92 Å². The zero-order valence-corrected chi connectivity index (χ0v) is 15.4. The third kappa shape index (κ3) is 9.92. The number of carbonyl (C=O) groups is 2. The van der Waals surface area contributed by atoms with Crippen LogP contribution in [0, 0.1) is 0 Å². The number of carbonyl (C=O) groups excluding carboxylic acids is 1. The molecule has 0 radical (unpaired) electrons. The normalized spacial score (nSPS) is 13.3. The fourth-order valence-electron chi connectivity index (χ4n) is 1.98. The Morgan fingerprint density at radius 2 is 1.40 bits per heavy atom. The molecular formula is C15H30NNaO3. The zero-order valence-electron chi connectivity index (χ0n) is 14.4. The molecule has 0 aliphatic rings. The predicted molar refractivity (Wildman–Crippen MR) is 78.2 cm³/mol. The van der Waals surface area contributed by atoms with Crippen LogP contribution in [0.1, 0.15) is 79.5 Å². The second kappa shape index (κ2) is 12.8. The van der Waals surface area contributed by atoms with Crippen molar-refractivity contribution >= 4 is 11.8 Å². The summed E-state index contributed by atoms with van der Waals surface area (Å²) in [6.45, 7) is 3.48. The summed E-state index contributed by atoms with van der Waals surface area (Å²) in [6.07, 6.45) is 10.8. The van der Waals surface area contributed by atoms with Crippen LogP contribution in [0.15, 0.2) is 0 Å². The van der Waals surface area contributed by atoms with Crippen molar-refractivity contribution in [3.8, 4) is 0 Å². The van der Waals surface area contributed by atoms with E-state index in [4.69, 9.17) is 10.8 Å². The maximum atomic E-state index is 11.6. The van der Waals surface area contributed by atoms with Crippen LogP contribution in [0.5, 0.6) is 0 Å². The van der Waals surface area contributed by atoms with E-state index in [1.807, 2.05) is 0 Å². The van der Waals surface area contributed by atoms with E-state index in [9.17, 15) is 9.59 Å². The molecule has 114 valence electrons. The van der Waals surface area contributed by atoms with Crippen molar-refractivity contribution < 1.29 is 45.7 Å². The molecule has 1 atom stereocenters. The molecule has 4 nitrogen and oxygen atoms in total. The molecule has 1 unspecified atom stereocenters. The summed E-state index contributed by atoms with van der Waals surface area (Å²) in [5, 5.41) is 8.81. The first-order chi connectivity index (χ1) is 8.92. The Hall–Kier alpha value is 0.100. The Bertz CT molecular complexity index is 286. The number of nitrogens with two attached hydrogens (primary N) is 1. The average molecular weight is 295 g/mol. The first-order valence-corrected chi connectivity index (χ1v) is 7.48. The van der Waals surface area contributed by atoms with Crippen LogP contribution in [0.25, 0.3) is 0 Å². The van der Waals surface area contributed by atoms with Crippen molar-refractivity contribution in [3.63, 3.8) is 0 Å². The molecule has 0 saturated carbocycles. The maximum Gasteiger partial charge on any atom is 1.00 e. The Morgan fingerprint density at radius 1 is 1.00 bits per heavy atom. The van der Waals surface area contributed by atoms with Gasteiger partial charge in [-0.3, -0.25) is 4.79 Å². The molecule has 0 aliphatic carbocycles. The third-order valence-electron chi connectivity index (χ3n) is 3.53. The number of aliphatic carboxylic acids is 1. The van der Waals surface area contributed by atoms with Crippen molar-refractivity contribution in [2.24, 2.45) is 5.73 Å². The number of hydrogen-bond donors (Lipinski definition) is 2. The van der Waals surface area contributed by atoms with Crippen LogP contribution in [0.2, 0.25) is 0 Å². The summed E-state index contributed by atoms with van der Waals surface area (Å²) in [7, 11) is 0. The first-order valence-electron chi connectivity index (χ1n) is 7.48. The number of unbranched alkanes of at least 4 members (excludes halogenated alkanes) is 8. The van der Waals surface area contributed by atoms with Gasteiger partial charge in [-0.1, -0.05) is 58.3 Å². The molecule has 3 N–H and O–H groups in total. The van der Waals surface area contributed by atoms with Crippen molar-refractivity contribution in [1.82, 2.24) is 0 Å². The molecule has 0 fully saturated rings. The van der Waals surface area contributed by atoms with Crippen LogP contribution in [0.3, 0.4) is 0 Å². The Balaban J connectivity index is -0.00000162. The molecule has 0 bridgehead atoms. The van der Waals surface area contributed by atoms with E-state index in [-0.39, 0.29) is 43.2 Å². The van der Waals surface area contributed by atoms with E-state index in [0.29, 0.717) is 0 Å². The van der Waals surface area contributed by atoms with E-state index in [1.54, 1.807) is 0 Å². The van der Waals surface area contributed by atoms with Crippen molar-refractivity contribution in [2.75, 3.05) is 0 Å². The molecule has 0 aromatic carbocycles. The molecule has 0 spiro atoms. The van der Waals surface area contributed by atoms with E-state index >= 15 is 0 Å². The molecule has 0 amide bonds. The second-order valence-electron chi connectivity index (χ2n) is 5.51. The molecular weight excluding hydrogens is 265 g/mol. The van der Waals surface area contributed by atoms with Gasteiger partial charge in [-0.2, -0.15) is 0 Å². The van der Waals surface area contributed by atoms with Crippen molar-refractivity contribution in [1.29, 1.82) is 0 Å². The van der Waals surface area contributed by atoms with Crippen LogP contribution < -0.4 is 35.3 Å². The first kappa shape index (κ1) is 22.4. The Kier molecular flexibility index (Phi) is 14.3. The SMILES string of the molecule is CCCCCCCCCCCC(=O)C(C)(N)C(=O)O.[H-].[Na+]. The van der Waals surface area contributed by atoms with Crippen LogP contribution >= 0.6 is 0 Å². The Morgan fingerprint density at radius 3 is 1.80 bits per heavy atom. The summed E-state index contributed by atoms with van der Waals surface area (Å²) < 4.78 is 0. The van der Waals surface area contributed by atoms with E-state index in [1.165, 1.54) is 45.4 Å². The van der Waals surface area contributed by atoms with E-state index in [0.717, 1.165) is 19.3 Å². The predicted octanol–water partition coefficient (Wildman–Crippen LogP) is 0.395. The monoisotopic (exact) mass is 295 g/mol. The fourth-order valence-corrected chi connectivity index (χ4v) is 1.98. The van der Waals surface area contributed by atoms with Crippen LogP contribution in [-0.4, -0.2) is 22.4 Å². The van der Waals surface area contributed by atoms with Gasteiger partial charge in [0, 0.05) is 6.42 Å². The number of Topliss-reactive ketones (excluding diaryl/α,β-unsaturated/α-hetero) is 1.